The molecule has 0 aromatic rings. The minimum absolute atomic E-state index is 0.219. The third kappa shape index (κ3) is 4.26. The zero-order valence-electron chi connectivity index (χ0n) is 21.1. The Balaban J connectivity index is 1.39. The number of carbonyl (C=O) groups is 1. The Kier molecular flexibility index (Phi) is 6.95. The average molecular weight is 428 g/mol. The van der Waals surface area contributed by atoms with Crippen LogP contribution in [0.4, 0.5) is 0 Å². The molecule has 31 heavy (non-hydrogen) atoms. The highest BCUT2D eigenvalue weighted by molar-refractivity contribution is 5.79. The molecule has 3 fully saturated rings. The van der Waals surface area contributed by atoms with Crippen LogP contribution in [0.1, 0.15) is 118 Å². The highest BCUT2D eigenvalue weighted by Crippen LogP contribution is 2.66. The first-order valence-corrected chi connectivity index (χ1v) is 13.8. The number of unbranched alkanes of at least 4 members (excludes halogenated alkanes) is 1. The van der Waals surface area contributed by atoms with E-state index in [-0.39, 0.29) is 11.3 Å². The highest BCUT2D eigenvalue weighted by atomic mass is 16.1. The molecule has 0 bridgehead atoms. The van der Waals surface area contributed by atoms with Crippen molar-refractivity contribution in [1.29, 1.82) is 0 Å². The van der Waals surface area contributed by atoms with Gasteiger partial charge < -0.3 is 5.32 Å². The van der Waals surface area contributed by atoms with E-state index in [1.807, 2.05) is 0 Å². The summed E-state index contributed by atoms with van der Waals surface area (Å²) in [5.74, 6) is 5.47. The SMILES string of the molecule is CCCCC(C)CCC[C@@H](C)[C@H]1CC[C@H]2[C@@H]3CC=C4NC(=O)CC[C@]4(C)[C@H]3CC[C@]12C. The van der Waals surface area contributed by atoms with Crippen molar-refractivity contribution in [2.75, 3.05) is 0 Å². The van der Waals surface area contributed by atoms with Gasteiger partial charge in [0.1, 0.15) is 0 Å². The van der Waals surface area contributed by atoms with Crippen molar-refractivity contribution in [2.24, 2.45) is 46.3 Å². The fourth-order valence-electron chi connectivity index (χ4n) is 8.86. The molecule has 4 aliphatic rings. The van der Waals surface area contributed by atoms with Crippen LogP contribution in [0.15, 0.2) is 11.8 Å². The molecule has 0 radical (unpaired) electrons. The Bertz CT molecular complexity index is 682. The van der Waals surface area contributed by atoms with Crippen molar-refractivity contribution in [3.63, 3.8) is 0 Å². The van der Waals surface area contributed by atoms with E-state index in [2.05, 4.69) is 46.0 Å². The normalized spacial score (nSPS) is 41.5. The molecule has 176 valence electrons. The summed E-state index contributed by atoms with van der Waals surface area (Å²) >= 11 is 0. The minimum atomic E-state index is 0.219. The van der Waals surface area contributed by atoms with Crippen molar-refractivity contribution in [1.82, 2.24) is 5.32 Å². The maximum Gasteiger partial charge on any atom is 0.224 e. The molecule has 1 amide bonds. The van der Waals surface area contributed by atoms with E-state index < -0.39 is 0 Å². The summed E-state index contributed by atoms with van der Waals surface area (Å²) in [5.41, 5.74) is 2.04. The Labute approximate surface area is 192 Å². The van der Waals surface area contributed by atoms with Crippen LogP contribution in [0.2, 0.25) is 0 Å². The molecule has 1 N–H and O–H groups in total. The van der Waals surface area contributed by atoms with E-state index in [0.717, 1.165) is 48.3 Å². The average Bonchev–Trinajstić information content (AvgIpc) is 3.10. The maximum atomic E-state index is 12.0. The zero-order chi connectivity index (χ0) is 22.2. The second-order valence-electron chi connectivity index (χ2n) is 12.6. The van der Waals surface area contributed by atoms with Gasteiger partial charge >= 0.3 is 0 Å². The molecule has 1 aliphatic heterocycles. The molecule has 1 saturated heterocycles. The fraction of sp³-hybridized carbons (Fsp3) is 0.897. The van der Waals surface area contributed by atoms with Gasteiger partial charge in [-0.1, -0.05) is 79.2 Å². The molecule has 1 unspecified atom stereocenters. The molecule has 1 heterocycles. The molecule has 0 aromatic heterocycles. The first-order chi connectivity index (χ1) is 14.8. The van der Waals surface area contributed by atoms with Crippen molar-refractivity contribution in [2.45, 2.75) is 118 Å². The minimum Gasteiger partial charge on any atom is -0.330 e. The van der Waals surface area contributed by atoms with Gasteiger partial charge in [0.25, 0.3) is 0 Å². The predicted molar refractivity (Wildman–Crippen MR) is 130 cm³/mol. The number of nitrogens with one attached hydrogen (secondary N) is 1. The van der Waals surface area contributed by atoms with E-state index in [1.165, 1.54) is 76.3 Å². The van der Waals surface area contributed by atoms with Crippen LogP contribution < -0.4 is 5.32 Å². The lowest BCUT2D eigenvalue weighted by molar-refractivity contribution is -0.125. The maximum absolute atomic E-state index is 12.0. The van der Waals surface area contributed by atoms with Crippen molar-refractivity contribution in [3.05, 3.63) is 11.8 Å². The van der Waals surface area contributed by atoms with Crippen LogP contribution in [-0.2, 0) is 4.79 Å². The van der Waals surface area contributed by atoms with Gasteiger partial charge in [-0.05, 0) is 79.4 Å². The number of piperidine rings is 1. The van der Waals surface area contributed by atoms with E-state index in [4.69, 9.17) is 0 Å². The van der Waals surface area contributed by atoms with Gasteiger partial charge in [-0.25, -0.2) is 0 Å². The summed E-state index contributed by atoms with van der Waals surface area (Å²) in [5, 5.41) is 3.26. The van der Waals surface area contributed by atoms with Crippen LogP contribution >= 0.6 is 0 Å². The third-order valence-electron chi connectivity index (χ3n) is 10.8. The Morgan fingerprint density at radius 2 is 1.81 bits per heavy atom. The molecule has 8 atom stereocenters. The van der Waals surface area contributed by atoms with Crippen molar-refractivity contribution in [3.8, 4) is 0 Å². The lowest BCUT2D eigenvalue weighted by Gasteiger charge is -2.57. The molecular formula is C29H49NO. The first-order valence-electron chi connectivity index (χ1n) is 13.8. The number of hydrogen-bond donors (Lipinski definition) is 1. The second-order valence-corrected chi connectivity index (χ2v) is 12.6. The number of carbonyl (C=O) groups excluding carboxylic acids is 1. The van der Waals surface area contributed by atoms with E-state index in [0.29, 0.717) is 5.41 Å². The quantitative estimate of drug-likeness (QED) is 0.419. The molecule has 3 aliphatic carbocycles. The van der Waals surface area contributed by atoms with Gasteiger partial charge in [0.2, 0.25) is 5.91 Å². The van der Waals surface area contributed by atoms with E-state index in [9.17, 15) is 4.79 Å². The smallest absolute Gasteiger partial charge is 0.224 e. The fourth-order valence-corrected chi connectivity index (χ4v) is 8.86. The lowest BCUT2D eigenvalue weighted by Crippen LogP contribution is -2.53. The number of hydrogen-bond acceptors (Lipinski definition) is 1. The highest BCUT2D eigenvalue weighted by Gasteiger charge is 2.59. The molecule has 2 heteroatoms. The Morgan fingerprint density at radius 3 is 2.58 bits per heavy atom. The van der Waals surface area contributed by atoms with Crippen molar-refractivity contribution < 1.29 is 4.79 Å². The number of allylic oxidation sites excluding steroid dienone is 2. The third-order valence-corrected chi connectivity index (χ3v) is 10.8. The van der Waals surface area contributed by atoms with Crippen LogP contribution in [0.3, 0.4) is 0 Å². The Hall–Kier alpha value is -0.790. The van der Waals surface area contributed by atoms with Crippen LogP contribution in [-0.4, -0.2) is 5.91 Å². The van der Waals surface area contributed by atoms with Gasteiger partial charge in [-0.15, -0.1) is 0 Å². The zero-order valence-corrected chi connectivity index (χ0v) is 21.1. The molecular weight excluding hydrogens is 378 g/mol. The largest absolute Gasteiger partial charge is 0.330 e. The van der Waals surface area contributed by atoms with Crippen LogP contribution in [0.25, 0.3) is 0 Å². The molecule has 2 nitrogen and oxygen atoms in total. The van der Waals surface area contributed by atoms with Gasteiger partial charge in [0.15, 0.2) is 0 Å². The summed E-state index contributed by atoms with van der Waals surface area (Å²) in [6.07, 6.45) is 19.6. The molecule has 0 aromatic carbocycles. The second kappa shape index (κ2) is 9.22. The monoisotopic (exact) mass is 427 g/mol. The lowest BCUT2D eigenvalue weighted by atomic mass is 9.48. The van der Waals surface area contributed by atoms with E-state index in [1.54, 1.807) is 0 Å². The van der Waals surface area contributed by atoms with Gasteiger partial charge in [-0.2, -0.15) is 0 Å². The van der Waals surface area contributed by atoms with Gasteiger partial charge in [0, 0.05) is 17.5 Å². The standard InChI is InChI=1S/C29H49NO/c1-6-7-9-20(2)10-8-11-21(3)23-13-14-24-22-12-15-26-29(5,19-17-27(31)30-26)25(22)16-18-28(23,24)4/h15,20-25H,6-14,16-19H2,1-5H3,(H,30,31)/t20?,21-,22+,23-,24+,25+,28-,29-/m1/s1. The number of fused-ring (bicyclic) bond motifs is 5. The van der Waals surface area contributed by atoms with Gasteiger partial charge in [0.05, 0.1) is 0 Å². The number of amides is 1. The first kappa shape index (κ1) is 23.4. The summed E-state index contributed by atoms with van der Waals surface area (Å²) in [7, 11) is 0. The summed E-state index contributed by atoms with van der Waals surface area (Å²) < 4.78 is 0. The predicted octanol–water partition coefficient (Wildman–Crippen LogP) is 7.88. The summed E-state index contributed by atoms with van der Waals surface area (Å²) in [4.78, 5) is 12.0. The summed E-state index contributed by atoms with van der Waals surface area (Å²) in [6, 6.07) is 0. The van der Waals surface area contributed by atoms with Crippen LogP contribution in [0.5, 0.6) is 0 Å². The molecule has 4 rings (SSSR count). The molecule has 0 spiro atoms. The van der Waals surface area contributed by atoms with Crippen LogP contribution in [0, 0.1) is 46.3 Å². The molecule has 2 saturated carbocycles. The van der Waals surface area contributed by atoms with E-state index >= 15 is 0 Å². The topological polar surface area (TPSA) is 29.1 Å². The number of rotatable bonds is 8. The Morgan fingerprint density at radius 1 is 1.03 bits per heavy atom. The van der Waals surface area contributed by atoms with Gasteiger partial charge in [-0.3, -0.25) is 4.79 Å². The summed E-state index contributed by atoms with van der Waals surface area (Å²) in [6.45, 7) is 12.5. The van der Waals surface area contributed by atoms with Crippen molar-refractivity contribution >= 4 is 5.91 Å².